The van der Waals surface area contributed by atoms with E-state index >= 15 is 0 Å². The van der Waals surface area contributed by atoms with Crippen LogP contribution in [0.25, 0.3) is 11.3 Å². The molecule has 0 radical (unpaired) electrons. The molecule has 0 aliphatic carbocycles. The number of rotatable bonds is 1. The Balaban J connectivity index is 2.58. The van der Waals surface area contributed by atoms with Crippen LogP contribution in [0.15, 0.2) is 24.4 Å². The summed E-state index contributed by atoms with van der Waals surface area (Å²) in [5.74, 6) is -1.04. The molecule has 2 nitrogen and oxygen atoms in total. The Kier molecular flexibility index (Phi) is 2.83. The van der Waals surface area contributed by atoms with Crippen molar-refractivity contribution in [1.82, 2.24) is 9.97 Å². The second-order valence-electron chi connectivity index (χ2n) is 3.30. The van der Waals surface area contributed by atoms with Gasteiger partial charge in [-0.05, 0) is 30.2 Å². The summed E-state index contributed by atoms with van der Waals surface area (Å²) in [6, 6.07) is 4.36. The normalized spacial score (nSPS) is 10.5. The summed E-state index contributed by atoms with van der Waals surface area (Å²) in [5, 5.41) is -0.0719. The maximum Gasteiger partial charge on any atom is 0.223 e. The molecule has 0 amide bonds. The van der Waals surface area contributed by atoms with Gasteiger partial charge in [-0.25, -0.2) is 18.7 Å². The summed E-state index contributed by atoms with van der Waals surface area (Å²) in [6.07, 6.45) is 0.961. The number of nitrogens with zero attached hydrogens (tertiary/aromatic N) is 2. The van der Waals surface area contributed by atoms with Gasteiger partial charge in [0.15, 0.2) is 5.82 Å². The van der Waals surface area contributed by atoms with Crippen LogP contribution in [0.3, 0.4) is 0 Å². The summed E-state index contributed by atoms with van der Waals surface area (Å²) in [6.45, 7) is 1.63. The lowest BCUT2D eigenvalue weighted by molar-refractivity contribution is 0.612. The Bertz CT molecular complexity index is 544. The van der Waals surface area contributed by atoms with Crippen molar-refractivity contribution in [3.63, 3.8) is 0 Å². The van der Waals surface area contributed by atoms with Gasteiger partial charge < -0.3 is 0 Å². The highest BCUT2D eigenvalue weighted by Gasteiger charge is 2.10. The molecule has 0 unspecified atom stereocenters. The molecule has 0 atom stereocenters. The van der Waals surface area contributed by atoms with Gasteiger partial charge in [0.05, 0.1) is 6.20 Å². The number of aryl methyl sites for hydroxylation is 1. The minimum Gasteiger partial charge on any atom is -0.223 e. The van der Waals surface area contributed by atoms with Crippen LogP contribution in [0.4, 0.5) is 8.78 Å². The monoisotopic (exact) mass is 240 g/mol. The van der Waals surface area contributed by atoms with Gasteiger partial charge in [0.1, 0.15) is 11.5 Å². The molecule has 0 spiro atoms. The summed E-state index contributed by atoms with van der Waals surface area (Å²) in [4.78, 5) is 7.22. The fourth-order valence-electron chi connectivity index (χ4n) is 1.29. The molecule has 0 aliphatic heterocycles. The zero-order valence-electron chi connectivity index (χ0n) is 8.34. The number of hydrogen-bond donors (Lipinski definition) is 0. The molecule has 0 saturated heterocycles. The maximum absolute atomic E-state index is 13.4. The van der Waals surface area contributed by atoms with E-state index in [1.165, 1.54) is 6.07 Å². The van der Waals surface area contributed by atoms with Crippen LogP contribution >= 0.6 is 11.6 Å². The Morgan fingerprint density at radius 3 is 2.62 bits per heavy atom. The van der Waals surface area contributed by atoms with Gasteiger partial charge in [-0.15, -0.1) is 0 Å². The number of halogens is 3. The SMILES string of the molecule is Cc1ccc(-c2nc(Cl)ncc2F)cc1F. The van der Waals surface area contributed by atoms with E-state index in [0.29, 0.717) is 11.1 Å². The third-order valence-corrected chi connectivity index (χ3v) is 2.34. The zero-order chi connectivity index (χ0) is 11.7. The average molecular weight is 241 g/mol. The molecule has 0 aliphatic rings. The Morgan fingerprint density at radius 1 is 1.19 bits per heavy atom. The minimum atomic E-state index is -0.632. The number of hydrogen-bond acceptors (Lipinski definition) is 2. The first kappa shape index (κ1) is 11.0. The van der Waals surface area contributed by atoms with Gasteiger partial charge in [0.25, 0.3) is 0 Å². The van der Waals surface area contributed by atoms with E-state index in [2.05, 4.69) is 9.97 Å². The lowest BCUT2D eigenvalue weighted by atomic mass is 10.1. The molecule has 1 aromatic heterocycles. The topological polar surface area (TPSA) is 25.8 Å². The fraction of sp³-hybridized carbons (Fsp3) is 0.0909. The van der Waals surface area contributed by atoms with Crippen LogP contribution in [-0.4, -0.2) is 9.97 Å². The van der Waals surface area contributed by atoms with Crippen molar-refractivity contribution in [3.8, 4) is 11.3 Å². The summed E-state index contributed by atoms with van der Waals surface area (Å²) >= 11 is 5.56. The van der Waals surface area contributed by atoms with Gasteiger partial charge in [0.2, 0.25) is 5.28 Å². The quantitative estimate of drug-likeness (QED) is 0.714. The van der Waals surface area contributed by atoms with Crippen LogP contribution in [0.1, 0.15) is 5.56 Å². The molecular formula is C11H7ClF2N2. The van der Waals surface area contributed by atoms with Crippen LogP contribution in [0.2, 0.25) is 5.28 Å². The molecule has 1 heterocycles. The predicted octanol–water partition coefficient (Wildman–Crippen LogP) is 3.38. The van der Waals surface area contributed by atoms with Gasteiger partial charge in [-0.3, -0.25) is 0 Å². The molecule has 5 heteroatoms. The molecule has 2 rings (SSSR count). The second kappa shape index (κ2) is 4.14. The molecular weight excluding hydrogens is 234 g/mol. The summed E-state index contributed by atoms with van der Waals surface area (Å²) < 4.78 is 26.7. The summed E-state index contributed by atoms with van der Waals surface area (Å²) in [7, 11) is 0. The smallest absolute Gasteiger partial charge is 0.223 e. The van der Waals surface area contributed by atoms with Crippen LogP contribution in [0.5, 0.6) is 0 Å². The molecule has 0 fully saturated rings. The Hall–Kier alpha value is -1.55. The molecule has 16 heavy (non-hydrogen) atoms. The predicted molar refractivity (Wildman–Crippen MR) is 57.1 cm³/mol. The van der Waals surface area contributed by atoms with Crippen LogP contribution in [-0.2, 0) is 0 Å². The Labute approximate surface area is 95.9 Å². The highest BCUT2D eigenvalue weighted by Crippen LogP contribution is 2.23. The van der Waals surface area contributed by atoms with E-state index in [0.717, 1.165) is 6.20 Å². The van der Waals surface area contributed by atoms with Crippen molar-refractivity contribution >= 4 is 11.6 Å². The largest absolute Gasteiger partial charge is 0.223 e. The van der Waals surface area contributed by atoms with E-state index < -0.39 is 11.6 Å². The first-order chi connectivity index (χ1) is 7.58. The van der Waals surface area contributed by atoms with E-state index in [-0.39, 0.29) is 11.0 Å². The van der Waals surface area contributed by atoms with Gasteiger partial charge >= 0.3 is 0 Å². The second-order valence-corrected chi connectivity index (χ2v) is 3.64. The maximum atomic E-state index is 13.4. The lowest BCUT2D eigenvalue weighted by Gasteiger charge is -2.04. The van der Waals surface area contributed by atoms with Crippen molar-refractivity contribution in [1.29, 1.82) is 0 Å². The minimum absolute atomic E-state index is 0.00102. The van der Waals surface area contributed by atoms with Crippen molar-refractivity contribution in [3.05, 3.63) is 46.9 Å². The Morgan fingerprint density at radius 2 is 1.94 bits per heavy atom. The standard InChI is InChI=1S/C11H7ClF2N2/c1-6-2-3-7(4-8(6)13)10-9(14)5-15-11(12)16-10/h2-5H,1H3. The van der Waals surface area contributed by atoms with E-state index in [9.17, 15) is 8.78 Å². The third-order valence-electron chi connectivity index (χ3n) is 2.16. The first-order valence-electron chi connectivity index (χ1n) is 4.52. The molecule has 2 aromatic rings. The molecule has 0 saturated carbocycles. The van der Waals surface area contributed by atoms with E-state index in [1.807, 2.05) is 0 Å². The average Bonchev–Trinajstić information content (AvgIpc) is 2.26. The van der Waals surface area contributed by atoms with Crippen molar-refractivity contribution < 1.29 is 8.78 Å². The molecule has 82 valence electrons. The molecule has 1 aromatic carbocycles. The fourth-order valence-corrected chi connectivity index (χ4v) is 1.42. The number of benzene rings is 1. The summed E-state index contributed by atoms with van der Waals surface area (Å²) in [5.41, 5.74) is 0.827. The van der Waals surface area contributed by atoms with Crippen LogP contribution < -0.4 is 0 Å². The third kappa shape index (κ3) is 2.02. The van der Waals surface area contributed by atoms with Crippen LogP contribution in [0, 0.1) is 18.6 Å². The lowest BCUT2D eigenvalue weighted by Crippen LogP contribution is -1.93. The van der Waals surface area contributed by atoms with E-state index in [4.69, 9.17) is 11.6 Å². The zero-order valence-corrected chi connectivity index (χ0v) is 9.09. The van der Waals surface area contributed by atoms with Crippen molar-refractivity contribution in [2.24, 2.45) is 0 Å². The van der Waals surface area contributed by atoms with Crippen molar-refractivity contribution in [2.75, 3.05) is 0 Å². The first-order valence-corrected chi connectivity index (χ1v) is 4.90. The molecule has 0 bridgehead atoms. The van der Waals surface area contributed by atoms with Gasteiger partial charge in [-0.1, -0.05) is 12.1 Å². The number of aromatic nitrogens is 2. The van der Waals surface area contributed by atoms with E-state index in [1.54, 1.807) is 19.1 Å². The highest BCUT2D eigenvalue weighted by molar-refractivity contribution is 6.28. The van der Waals surface area contributed by atoms with Gasteiger partial charge in [-0.2, -0.15) is 0 Å². The molecule has 0 N–H and O–H groups in total. The van der Waals surface area contributed by atoms with Gasteiger partial charge in [0, 0.05) is 5.56 Å². The highest BCUT2D eigenvalue weighted by atomic mass is 35.5. The van der Waals surface area contributed by atoms with Crippen molar-refractivity contribution in [2.45, 2.75) is 6.92 Å².